The molecule has 3 fully saturated rings. The molecule has 1 saturated carbocycles. The van der Waals surface area contributed by atoms with Crippen LogP contribution in [0.1, 0.15) is 57.4 Å². The normalized spacial score (nSPS) is 23.5. The maximum Gasteiger partial charge on any atom is 0.224 e. The predicted molar refractivity (Wildman–Crippen MR) is 121 cm³/mol. The van der Waals surface area contributed by atoms with E-state index in [1.165, 1.54) is 57.1 Å². The van der Waals surface area contributed by atoms with Gasteiger partial charge in [0.05, 0.1) is 17.0 Å². The molecule has 1 amide bonds. The van der Waals surface area contributed by atoms with Crippen LogP contribution in [0.2, 0.25) is 0 Å². The number of fused-ring (bicyclic) bond motifs is 1. The van der Waals surface area contributed by atoms with Crippen molar-refractivity contribution in [1.82, 2.24) is 19.8 Å². The first-order valence-electron chi connectivity index (χ1n) is 12.0. The molecule has 2 saturated heterocycles. The fourth-order valence-electron chi connectivity index (χ4n) is 5.64. The van der Waals surface area contributed by atoms with E-state index in [4.69, 9.17) is 4.98 Å². The Morgan fingerprint density at radius 3 is 2.63 bits per heavy atom. The van der Waals surface area contributed by atoms with Gasteiger partial charge in [0.2, 0.25) is 11.9 Å². The summed E-state index contributed by atoms with van der Waals surface area (Å²) in [6, 6.07) is 9.06. The molecule has 6 heteroatoms. The molecule has 1 aromatic carbocycles. The number of amides is 1. The second-order valence-electron chi connectivity index (χ2n) is 9.33. The van der Waals surface area contributed by atoms with Crippen molar-refractivity contribution < 1.29 is 4.79 Å². The van der Waals surface area contributed by atoms with E-state index in [1.807, 2.05) is 0 Å². The minimum absolute atomic E-state index is 0.0640. The minimum Gasteiger partial charge on any atom is -0.355 e. The zero-order valence-corrected chi connectivity index (χ0v) is 18.1. The molecule has 30 heavy (non-hydrogen) atoms. The van der Waals surface area contributed by atoms with Gasteiger partial charge in [-0.05, 0) is 63.7 Å². The van der Waals surface area contributed by atoms with Crippen molar-refractivity contribution in [2.45, 2.75) is 57.4 Å². The van der Waals surface area contributed by atoms with Crippen LogP contribution in [0.15, 0.2) is 24.3 Å². The van der Waals surface area contributed by atoms with E-state index in [0.717, 1.165) is 50.5 Å². The van der Waals surface area contributed by atoms with E-state index in [2.05, 4.69) is 43.9 Å². The van der Waals surface area contributed by atoms with Crippen LogP contribution in [-0.4, -0.2) is 59.6 Å². The van der Waals surface area contributed by atoms with E-state index in [1.54, 1.807) is 0 Å². The maximum absolute atomic E-state index is 12.9. The summed E-state index contributed by atoms with van der Waals surface area (Å²) in [5.41, 5.74) is 2.33. The lowest BCUT2D eigenvalue weighted by Crippen LogP contribution is -2.45. The molecule has 5 rings (SSSR count). The number of benzene rings is 1. The number of piperidine rings is 1. The number of nitrogens with zero attached hydrogens (tertiary/aromatic N) is 4. The van der Waals surface area contributed by atoms with Crippen LogP contribution < -0.4 is 10.2 Å². The number of carbonyl (C=O) groups excluding carboxylic acids is 1. The largest absolute Gasteiger partial charge is 0.355 e. The Kier molecular flexibility index (Phi) is 5.93. The van der Waals surface area contributed by atoms with Crippen LogP contribution in [-0.2, 0) is 4.79 Å². The number of hydrogen-bond donors (Lipinski definition) is 1. The van der Waals surface area contributed by atoms with Crippen molar-refractivity contribution in [1.29, 1.82) is 0 Å². The average Bonchev–Trinajstić information content (AvgIpc) is 3.53. The first kappa shape index (κ1) is 19.9. The second kappa shape index (κ2) is 8.96. The van der Waals surface area contributed by atoms with E-state index in [9.17, 15) is 4.79 Å². The molecule has 1 atom stereocenters. The number of imidazole rings is 1. The van der Waals surface area contributed by atoms with Crippen molar-refractivity contribution >= 4 is 22.9 Å². The van der Waals surface area contributed by atoms with Crippen LogP contribution >= 0.6 is 0 Å². The van der Waals surface area contributed by atoms with Gasteiger partial charge in [-0.15, -0.1) is 0 Å². The van der Waals surface area contributed by atoms with Crippen LogP contribution in [0.3, 0.4) is 0 Å². The molecular weight excluding hydrogens is 374 g/mol. The zero-order valence-electron chi connectivity index (χ0n) is 18.1. The lowest BCUT2D eigenvalue weighted by molar-refractivity contribution is -0.125. The topological polar surface area (TPSA) is 53.4 Å². The minimum atomic E-state index is 0.0640. The Balaban J connectivity index is 1.29. The number of carbonyl (C=O) groups is 1. The van der Waals surface area contributed by atoms with E-state index >= 15 is 0 Å². The third-order valence-corrected chi connectivity index (χ3v) is 7.27. The van der Waals surface area contributed by atoms with Gasteiger partial charge in [-0.25, -0.2) is 4.98 Å². The van der Waals surface area contributed by atoms with Crippen molar-refractivity contribution in [3.8, 4) is 0 Å². The Morgan fingerprint density at radius 2 is 1.80 bits per heavy atom. The van der Waals surface area contributed by atoms with Gasteiger partial charge < -0.3 is 19.7 Å². The van der Waals surface area contributed by atoms with Crippen LogP contribution in [0, 0.1) is 5.92 Å². The zero-order chi connectivity index (χ0) is 20.3. The predicted octanol–water partition coefficient (Wildman–Crippen LogP) is 3.58. The monoisotopic (exact) mass is 409 g/mol. The smallest absolute Gasteiger partial charge is 0.224 e. The summed E-state index contributed by atoms with van der Waals surface area (Å²) in [5.74, 6) is 1.37. The number of para-hydroxylation sites is 2. The summed E-state index contributed by atoms with van der Waals surface area (Å²) < 4.78 is 2.48. The van der Waals surface area contributed by atoms with Gasteiger partial charge in [-0.2, -0.15) is 0 Å². The fourth-order valence-corrected chi connectivity index (χ4v) is 5.64. The molecule has 1 N–H and O–H groups in total. The number of rotatable bonds is 6. The van der Waals surface area contributed by atoms with Crippen molar-refractivity contribution in [2.24, 2.45) is 5.92 Å². The molecule has 1 aromatic heterocycles. The summed E-state index contributed by atoms with van der Waals surface area (Å²) in [6.07, 6.45) is 9.72. The van der Waals surface area contributed by atoms with Crippen molar-refractivity contribution in [3.05, 3.63) is 24.3 Å². The molecule has 3 heterocycles. The summed E-state index contributed by atoms with van der Waals surface area (Å²) in [6.45, 7) is 5.91. The molecule has 6 nitrogen and oxygen atoms in total. The van der Waals surface area contributed by atoms with Crippen LogP contribution in [0.4, 0.5) is 5.95 Å². The number of likely N-dealkylation sites (tertiary alicyclic amines) is 1. The van der Waals surface area contributed by atoms with Gasteiger partial charge in [0.15, 0.2) is 0 Å². The maximum atomic E-state index is 12.9. The fraction of sp³-hybridized carbons (Fsp3) is 0.667. The Hall–Kier alpha value is -2.08. The molecule has 3 aliphatic rings. The summed E-state index contributed by atoms with van der Waals surface area (Å²) >= 11 is 0. The van der Waals surface area contributed by atoms with Crippen molar-refractivity contribution in [3.63, 3.8) is 0 Å². The Morgan fingerprint density at radius 1 is 1.00 bits per heavy atom. The Bertz CT molecular complexity index is 866. The highest BCUT2D eigenvalue weighted by Gasteiger charge is 2.31. The standard InChI is InChI=1S/C24H35N5O/c30-23(25-13-17-27-14-5-6-15-27)19-8-7-16-28(18-19)24-26-21-11-3-4-12-22(21)29(24)20-9-1-2-10-20/h3-4,11-12,19-20H,1-2,5-10,13-18H2,(H,25,30). The molecule has 1 unspecified atom stereocenters. The second-order valence-corrected chi connectivity index (χ2v) is 9.33. The van der Waals surface area contributed by atoms with E-state index in [0.29, 0.717) is 6.04 Å². The van der Waals surface area contributed by atoms with Crippen molar-refractivity contribution in [2.75, 3.05) is 44.2 Å². The first-order valence-corrected chi connectivity index (χ1v) is 12.0. The highest BCUT2D eigenvalue weighted by Crippen LogP contribution is 2.37. The third-order valence-electron chi connectivity index (χ3n) is 7.27. The third kappa shape index (κ3) is 4.07. The molecule has 0 radical (unpaired) electrons. The molecule has 0 spiro atoms. The van der Waals surface area contributed by atoms with E-state index in [-0.39, 0.29) is 11.8 Å². The summed E-state index contributed by atoms with van der Waals surface area (Å²) in [7, 11) is 0. The highest BCUT2D eigenvalue weighted by molar-refractivity contribution is 5.81. The molecule has 1 aliphatic carbocycles. The number of hydrogen-bond acceptors (Lipinski definition) is 4. The molecule has 2 aliphatic heterocycles. The number of nitrogens with one attached hydrogen (secondary N) is 1. The highest BCUT2D eigenvalue weighted by atomic mass is 16.1. The summed E-state index contributed by atoms with van der Waals surface area (Å²) in [5, 5.41) is 3.21. The van der Waals surface area contributed by atoms with Gasteiger partial charge in [-0.3, -0.25) is 4.79 Å². The molecule has 162 valence electrons. The first-order chi connectivity index (χ1) is 14.8. The van der Waals surface area contributed by atoms with E-state index < -0.39 is 0 Å². The van der Waals surface area contributed by atoms with Crippen LogP contribution in [0.25, 0.3) is 11.0 Å². The lowest BCUT2D eigenvalue weighted by Gasteiger charge is -2.34. The van der Waals surface area contributed by atoms with Gasteiger partial charge in [0.1, 0.15) is 0 Å². The van der Waals surface area contributed by atoms with Gasteiger partial charge in [-0.1, -0.05) is 25.0 Å². The number of anilines is 1. The Labute approximate surface area is 179 Å². The summed E-state index contributed by atoms with van der Waals surface area (Å²) in [4.78, 5) is 22.8. The quantitative estimate of drug-likeness (QED) is 0.792. The van der Waals surface area contributed by atoms with Gasteiger partial charge in [0.25, 0.3) is 0 Å². The van der Waals surface area contributed by atoms with Crippen LogP contribution in [0.5, 0.6) is 0 Å². The molecular formula is C24H35N5O. The SMILES string of the molecule is O=C(NCCN1CCCC1)C1CCCN(c2nc3ccccc3n2C2CCCC2)C1. The number of aromatic nitrogens is 2. The lowest BCUT2D eigenvalue weighted by atomic mass is 9.97. The average molecular weight is 410 g/mol. The molecule has 0 bridgehead atoms. The molecule has 2 aromatic rings. The van der Waals surface area contributed by atoms with Gasteiger partial charge >= 0.3 is 0 Å². The van der Waals surface area contributed by atoms with Gasteiger partial charge in [0, 0.05) is 32.2 Å².